The van der Waals surface area contributed by atoms with Crippen molar-refractivity contribution in [1.29, 1.82) is 0 Å². The van der Waals surface area contributed by atoms with Gasteiger partial charge in [-0.3, -0.25) is 0 Å². The molecule has 1 unspecified atom stereocenters. The Morgan fingerprint density at radius 1 is 1.31 bits per heavy atom. The normalized spacial score (nSPS) is 40.6. The molecule has 2 aliphatic rings. The number of rotatable bonds is 5. The lowest BCUT2D eigenvalue weighted by Gasteiger charge is -2.34. The van der Waals surface area contributed by atoms with Crippen LogP contribution in [-0.2, 0) is 19.0 Å². The molecule has 0 amide bonds. The van der Waals surface area contributed by atoms with E-state index in [1.807, 2.05) is 20.8 Å². The number of hydrogen-bond acceptors (Lipinski definition) is 4. The molecule has 0 aromatic rings. The summed E-state index contributed by atoms with van der Waals surface area (Å²) in [5, 5.41) is 0. The van der Waals surface area contributed by atoms with Crippen molar-refractivity contribution in [2.75, 3.05) is 13.2 Å². The van der Waals surface area contributed by atoms with Crippen LogP contribution >= 0.6 is 0 Å². The average Bonchev–Trinajstić information content (AvgIpc) is 2.89. The van der Waals surface area contributed by atoms with Crippen LogP contribution in [0.1, 0.15) is 40.0 Å². The van der Waals surface area contributed by atoms with Crippen LogP contribution < -0.4 is 0 Å². The highest BCUT2D eigenvalue weighted by molar-refractivity contribution is 5.85. The molecule has 1 saturated carbocycles. The first-order chi connectivity index (χ1) is 7.64. The molecule has 0 radical (unpaired) electrons. The Labute approximate surface area is 96.2 Å². The Morgan fingerprint density at radius 3 is 2.50 bits per heavy atom. The molecule has 2 fully saturated rings. The summed E-state index contributed by atoms with van der Waals surface area (Å²) >= 11 is 0. The van der Waals surface area contributed by atoms with Crippen molar-refractivity contribution in [2.24, 2.45) is 0 Å². The van der Waals surface area contributed by atoms with Crippen LogP contribution in [0.15, 0.2) is 0 Å². The lowest BCUT2D eigenvalue weighted by atomic mass is 9.72. The number of carbonyl (C=O) groups is 1. The first kappa shape index (κ1) is 11.9. The summed E-state index contributed by atoms with van der Waals surface area (Å²) in [4.78, 5) is 11.8. The standard InChI is InChI=1S/C12H20O4/c1-4-12(10(13)15-6-3)11(16-12)7-9(8-11)14-5-2/h9H,4-8H2,1-3H3. The molecule has 0 N–H and O–H groups in total. The second-order valence-corrected chi connectivity index (χ2v) is 4.48. The van der Waals surface area contributed by atoms with Crippen molar-refractivity contribution in [3.8, 4) is 0 Å². The van der Waals surface area contributed by atoms with E-state index in [9.17, 15) is 4.79 Å². The fourth-order valence-corrected chi connectivity index (χ4v) is 2.76. The zero-order chi connectivity index (χ0) is 11.8. The highest BCUT2D eigenvalue weighted by Gasteiger charge is 2.79. The minimum absolute atomic E-state index is 0.201. The Kier molecular flexibility index (Phi) is 2.97. The molecular formula is C12H20O4. The summed E-state index contributed by atoms with van der Waals surface area (Å²) in [5.74, 6) is -0.201. The monoisotopic (exact) mass is 228 g/mol. The topological polar surface area (TPSA) is 48.1 Å². The summed E-state index contributed by atoms with van der Waals surface area (Å²) < 4.78 is 16.3. The van der Waals surface area contributed by atoms with E-state index in [2.05, 4.69) is 0 Å². The van der Waals surface area contributed by atoms with E-state index in [-0.39, 0.29) is 17.7 Å². The van der Waals surface area contributed by atoms with Gasteiger partial charge in [0.15, 0.2) is 5.60 Å². The van der Waals surface area contributed by atoms with Gasteiger partial charge in [-0.05, 0) is 20.3 Å². The molecule has 1 atom stereocenters. The lowest BCUT2D eigenvalue weighted by molar-refractivity contribution is -0.150. The first-order valence-corrected chi connectivity index (χ1v) is 6.13. The van der Waals surface area contributed by atoms with E-state index in [1.54, 1.807) is 0 Å². The lowest BCUT2D eigenvalue weighted by Crippen LogP contribution is -2.47. The minimum atomic E-state index is -0.670. The van der Waals surface area contributed by atoms with Crippen LogP contribution in [0.25, 0.3) is 0 Å². The molecule has 1 spiro atoms. The van der Waals surface area contributed by atoms with Crippen LogP contribution in [0.4, 0.5) is 0 Å². The summed E-state index contributed by atoms with van der Waals surface area (Å²) in [5.41, 5.74) is -0.940. The number of carbonyl (C=O) groups excluding carboxylic acids is 1. The van der Waals surface area contributed by atoms with Crippen LogP contribution in [0.2, 0.25) is 0 Å². The molecule has 1 saturated heterocycles. The number of hydrogen-bond donors (Lipinski definition) is 0. The van der Waals surface area contributed by atoms with Gasteiger partial charge in [-0.25, -0.2) is 4.79 Å². The van der Waals surface area contributed by atoms with E-state index in [1.165, 1.54) is 0 Å². The van der Waals surface area contributed by atoms with Crippen molar-refractivity contribution in [3.05, 3.63) is 0 Å². The highest BCUT2D eigenvalue weighted by atomic mass is 16.7. The number of epoxide rings is 1. The zero-order valence-corrected chi connectivity index (χ0v) is 10.2. The van der Waals surface area contributed by atoms with E-state index < -0.39 is 5.60 Å². The molecule has 1 heterocycles. The van der Waals surface area contributed by atoms with Crippen LogP contribution in [0.5, 0.6) is 0 Å². The summed E-state index contributed by atoms with van der Waals surface area (Å²) in [7, 11) is 0. The van der Waals surface area contributed by atoms with Crippen molar-refractivity contribution < 1.29 is 19.0 Å². The fourth-order valence-electron chi connectivity index (χ4n) is 2.76. The average molecular weight is 228 g/mol. The fraction of sp³-hybridized carbons (Fsp3) is 0.917. The predicted molar refractivity (Wildman–Crippen MR) is 58.1 cm³/mol. The van der Waals surface area contributed by atoms with Gasteiger partial charge in [-0.2, -0.15) is 0 Å². The molecular weight excluding hydrogens is 208 g/mol. The van der Waals surface area contributed by atoms with Gasteiger partial charge >= 0.3 is 5.97 Å². The molecule has 0 bridgehead atoms. The highest BCUT2D eigenvalue weighted by Crippen LogP contribution is 2.63. The van der Waals surface area contributed by atoms with Gasteiger partial charge < -0.3 is 14.2 Å². The Morgan fingerprint density at radius 2 is 2.00 bits per heavy atom. The molecule has 16 heavy (non-hydrogen) atoms. The van der Waals surface area contributed by atoms with E-state index >= 15 is 0 Å². The Balaban J connectivity index is 1.94. The van der Waals surface area contributed by atoms with Gasteiger partial charge in [0.25, 0.3) is 0 Å². The third-order valence-electron chi connectivity index (χ3n) is 3.68. The summed E-state index contributed by atoms with van der Waals surface area (Å²) in [6.07, 6.45) is 2.60. The van der Waals surface area contributed by atoms with Crippen molar-refractivity contribution in [3.63, 3.8) is 0 Å². The maximum atomic E-state index is 11.8. The third-order valence-corrected chi connectivity index (χ3v) is 3.68. The molecule has 0 aromatic heterocycles. The molecule has 1 aliphatic heterocycles. The minimum Gasteiger partial charge on any atom is -0.464 e. The second kappa shape index (κ2) is 4.00. The van der Waals surface area contributed by atoms with Gasteiger partial charge in [0.05, 0.1) is 12.7 Å². The van der Waals surface area contributed by atoms with Crippen molar-refractivity contribution >= 4 is 5.97 Å². The SMILES string of the molecule is CCOC(=O)C1(CC)OC12CC(OCC)C2. The maximum Gasteiger partial charge on any atom is 0.341 e. The van der Waals surface area contributed by atoms with Gasteiger partial charge in [-0.1, -0.05) is 6.92 Å². The van der Waals surface area contributed by atoms with E-state index in [4.69, 9.17) is 14.2 Å². The zero-order valence-electron chi connectivity index (χ0n) is 10.2. The first-order valence-electron chi connectivity index (χ1n) is 6.13. The summed E-state index contributed by atoms with van der Waals surface area (Å²) in [6, 6.07) is 0. The smallest absolute Gasteiger partial charge is 0.341 e. The van der Waals surface area contributed by atoms with Crippen LogP contribution in [-0.4, -0.2) is 36.5 Å². The van der Waals surface area contributed by atoms with E-state index in [0.717, 1.165) is 19.4 Å². The quantitative estimate of drug-likeness (QED) is 0.530. The van der Waals surface area contributed by atoms with Gasteiger partial charge in [0.2, 0.25) is 0 Å². The maximum absolute atomic E-state index is 11.8. The molecule has 4 heteroatoms. The Hall–Kier alpha value is -0.610. The van der Waals surface area contributed by atoms with Gasteiger partial charge in [-0.15, -0.1) is 0 Å². The molecule has 0 aromatic carbocycles. The Bertz CT molecular complexity index is 283. The summed E-state index contributed by atoms with van der Waals surface area (Å²) in [6.45, 7) is 6.91. The largest absolute Gasteiger partial charge is 0.464 e. The molecule has 4 nitrogen and oxygen atoms in total. The number of esters is 1. The van der Waals surface area contributed by atoms with Crippen LogP contribution in [0, 0.1) is 0 Å². The predicted octanol–water partition coefficient (Wildman–Crippen LogP) is 1.67. The molecule has 92 valence electrons. The third kappa shape index (κ3) is 1.47. The van der Waals surface area contributed by atoms with Gasteiger partial charge in [0.1, 0.15) is 5.60 Å². The van der Waals surface area contributed by atoms with Gasteiger partial charge in [0, 0.05) is 19.4 Å². The van der Waals surface area contributed by atoms with E-state index in [0.29, 0.717) is 13.0 Å². The van der Waals surface area contributed by atoms with Crippen LogP contribution in [0.3, 0.4) is 0 Å². The van der Waals surface area contributed by atoms with Crippen molar-refractivity contribution in [2.45, 2.75) is 57.3 Å². The second-order valence-electron chi connectivity index (χ2n) is 4.48. The number of ether oxygens (including phenoxy) is 3. The molecule has 1 aliphatic carbocycles. The molecule has 2 rings (SSSR count). The van der Waals surface area contributed by atoms with Crippen molar-refractivity contribution in [1.82, 2.24) is 0 Å².